The van der Waals surface area contributed by atoms with E-state index < -0.39 is 5.97 Å². The molecule has 1 saturated heterocycles. The number of piperidine rings is 1. The second-order valence-electron chi connectivity index (χ2n) is 6.07. The van der Waals surface area contributed by atoms with Crippen molar-refractivity contribution >= 4 is 22.6 Å². The zero-order chi connectivity index (χ0) is 15.7. The quantitative estimate of drug-likeness (QED) is 0.930. The normalized spacial score (nSPS) is 18.6. The second kappa shape index (κ2) is 5.95. The van der Waals surface area contributed by atoms with E-state index in [1.165, 1.54) is 19.3 Å². The zero-order valence-electron chi connectivity index (χ0n) is 13.2. The van der Waals surface area contributed by atoms with Gasteiger partial charge in [0.05, 0.1) is 11.1 Å². The molecule has 0 spiro atoms. The van der Waals surface area contributed by atoms with Crippen molar-refractivity contribution in [2.45, 2.75) is 45.6 Å². The number of benzene rings is 1. The maximum atomic E-state index is 11.3. The van der Waals surface area contributed by atoms with E-state index >= 15 is 0 Å². The first-order chi connectivity index (χ1) is 10.6. The van der Waals surface area contributed by atoms with Gasteiger partial charge in [-0.2, -0.15) is 0 Å². The number of pyridine rings is 1. The summed E-state index contributed by atoms with van der Waals surface area (Å²) in [6.07, 6.45) is 4.79. The van der Waals surface area contributed by atoms with Crippen LogP contribution in [0, 0.1) is 6.92 Å². The third-order valence-corrected chi connectivity index (χ3v) is 4.57. The molecule has 22 heavy (non-hydrogen) atoms. The van der Waals surface area contributed by atoms with Gasteiger partial charge < -0.3 is 10.0 Å². The minimum Gasteiger partial charge on any atom is -0.478 e. The van der Waals surface area contributed by atoms with Crippen molar-refractivity contribution in [2.75, 3.05) is 11.4 Å². The summed E-state index contributed by atoms with van der Waals surface area (Å²) in [4.78, 5) is 18.3. The molecule has 0 amide bonds. The van der Waals surface area contributed by atoms with E-state index in [4.69, 9.17) is 0 Å². The number of nitrogens with zero attached hydrogens (tertiary/aromatic N) is 2. The first kappa shape index (κ1) is 14.8. The van der Waals surface area contributed by atoms with Crippen molar-refractivity contribution in [3.05, 3.63) is 35.5 Å². The summed E-state index contributed by atoms with van der Waals surface area (Å²) in [5.74, 6) is -0.890. The monoisotopic (exact) mass is 298 g/mol. The Morgan fingerprint density at radius 2 is 2.18 bits per heavy atom. The highest BCUT2D eigenvalue weighted by Gasteiger charge is 2.23. The SMILES string of the molecule is CC[C@@H]1CCCCN1c1cc(C)nc2ccc(C(=O)O)cc12. The summed E-state index contributed by atoms with van der Waals surface area (Å²) in [6.45, 7) is 5.26. The van der Waals surface area contributed by atoms with E-state index in [0.29, 0.717) is 11.6 Å². The molecule has 3 rings (SSSR count). The highest BCUT2D eigenvalue weighted by Crippen LogP contribution is 2.33. The first-order valence-corrected chi connectivity index (χ1v) is 8.01. The number of aryl methyl sites for hydroxylation is 1. The van der Waals surface area contributed by atoms with E-state index in [-0.39, 0.29) is 0 Å². The van der Waals surface area contributed by atoms with Crippen LogP contribution in [0.2, 0.25) is 0 Å². The Labute approximate surface area is 130 Å². The Morgan fingerprint density at radius 3 is 2.91 bits per heavy atom. The molecule has 1 N–H and O–H groups in total. The smallest absolute Gasteiger partial charge is 0.335 e. The summed E-state index contributed by atoms with van der Waals surface area (Å²) in [5, 5.41) is 10.2. The summed E-state index contributed by atoms with van der Waals surface area (Å²) in [5.41, 5.74) is 3.31. The van der Waals surface area contributed by atoms with Crippen LogP contribution in [0.4, 0.5) is 5.69 Å². The van der Waals surface area contributed by atoms with Crippen LogP contribution in [0.15, 0.2) is 24.3 Å². The Balaban J connectivity index is 2.17. The van der Waals surface area contributed by atoms with Gasteiger partial charge in [0, 0.05) is 29.4 Å². The van der Waals surface area contributed by atoms with Gasteiger partial charge in [-0.1, -0.05) is 6.92 Å². The maximum Gasteiger partial charge on any atom is 0.335 e. The molecule has 0 saturated carbocycles. The molecule has 1 atom stereocenters. The van der Waals surface area contributed by atoms with E-state index in [1.807, 2.05) is 13.0 Å². The molecule has 1 fully saturated rings. The number of hydrogen-bond donors (Lipinski definition) is 1. The van der Waals surface area contributed by atoms with Crippen molar-refractivity contribution in [3.63, 3.8) is 0 Å². The van der Waals surface area contributed by atoms with Gasteiger partial charge in [-0.25, -0.2) is 4.79 Å². The summed E-state index contributed by atoms with van der Waals surface area (Å²) < 4.78 is 0. The fourth-order valence-electron chi connectivity index (χ4n) is 3.45. The molecule has 2 aromatic rings. The van der Waals surface area contributed by atoms with Crippen LogP contribution < -0.4 is 4.90 Å². The number of aromatic carboxylic acids is 1. The number of hydrogen-bond acceptors (Lipinski definition) is 3. The van der Waals surface area contributed by atoms with Crippen LogP contribution in [-0.2, 0) is 0 Å². The molecule has 4 heteroatoms. The predicted molar refractivity (Wildman–Crippen MR) is 88.7 cm³/mol. The van der Waals surface area contributed by atoms with Crippen LogP contribution in [0.5, 0.6) is 0 Å². The number of fused-ring (bicyclic) bond motifs is 1. The predicted octanol–water partition coefficient (Wildman–Crippen LogP) is 4.01. The number of aromatic nitrogens is 1. The zero-order valence-corrected chi connectivity index (χ0v) is 13.2. The number of carboxylic acids is 1. The lowest BCUT2D eigenvalue weighted by Gasteiger charge is -2.38. The highest BCUT2D eigenvalue weighted by molar-refractivity contribution is 5.98. The fraction of sp³-hybridized carbons (Fsp3) is 0.444. The molecular weight excluding hydrogens is 276 g/mol. The van der Waals surface area contributed by atoms with Crippen LogP contribution in [0.25, 0.3) is 10.9 Å². The average molecular weight is 298 g/mol. The molecule has 1 aliphatic heterocycles. The third-order valence-electron chi connectivity index (χ3n) is 4.57. The van der Waals surface area contributed by atoms with Gasteiger partial charge in [0.2, 0.25) is 0 Å². The van der Waals surface area contributed by atoms with Gasteiger partial charge in [-0.3, -0.25) is 4.98 Å². The Bertz CT molecular complexity index is 712. The van der Waals surface area contributed by atoms with Crippen LogP contribution in [-0.4, -0.2) is 28.6 Å². The molecular formula is C18H22N2O2. The minimum atomic E-state index is -0.890. The standard InChI is InChI=1S/C18H22N2O2/c1-3-14-6-4-5-9-20(14)17-10-12(2)19-16-8-7-13(18(21)22)11-15(16)17/h7-8,10-11,14H,3-6,9H2,1-2H3,(H,21,22)/t14-/m1/s1. The van der Waals surface area contributed by atoms with Crippen molar-refractivity contribution < 1.29 is 9.90 Å². The molecule has 2 heterocycles. The maximum absolute atomic E-state index is 11.3. The van der Waals surface area contributed by atoms with Crippen molar-refractivity contribution in [1.82, 2.24) is 4.98 Å². The Morgan fingerprint density at radius 1 is 1.36 bits per heavy atom. The molecule has 1 aliphatic rings. The molecule has 0 aliphatic carbocycles. The fourth-order valence-corrected chi connectivity index (χ4v) is 3.45. The summed E-state index contributed by atoms with van der Waals surface area (Å²) in [7, 11) is 0. The first-order valence-electron chi connectivity index (χ1n) is 8.01. The lowest BCUT2D eigenvalue weighted by molar-refractivity contribution is 0.0697. The van der Waals surface area contributed by atoms with Crippen LogP contribution in [0.3, 0.4) is 0 Å². The van der Waals surface area contributed by atoms with Gasteiger partial charge in [-0.05, 0) is 56.9 Å². The van der Waals surface area contributed by atoms with Gasteiger partial charge >= 0.3 is 5.97 Å². The summed E-state index contributed by atoms with van der Waals surface area (Å²) >= 11 is 0. The van der Waals surface area contributed by atoms with E-state index in [0.717, 1.165) is 35.2 Å². The van der Waals surface area contributed by atoms with E-state index in [9.17, 15) is 9.90 Å². The second-order valence-corrected chi connectivity index (χ2v) is 6.07. The van der Waals surface area contributed by atoms with Gasteiger partial charge in [0.25, 0.3) is 0 Å². The Kier molecular flexibility index (Phi) is 4.01. The lowest BCUT2D eigenvalue weighted by atomic mass is 9.97. The molecule has 0 unspecified atom stereocenters. The van der Waals surface area contributed by atoms with Crippen molar-refractivity contribution in [1.29, 1.82) is 0 Å². The lowest BCUT2D eigenvalue weighted by Crippen LogP contribution is -2.39. The van der Waals surface area contributed by atoms with E-state index in [2.05, 4.69) is 22.9 Å². The Hall–Kier alpha value is -2.10. The molecule has 116 valence electrons. The van der Waals surface area contributed by atoms with Gasteiger partial charge in [0.15, 0.2) is 0 Å². The average Bonchev–Trinajstić information content (AvgIpc) is 2.53. The number of carboxylic acid groups (broad SMARTS) is 1. The number of rotatable bonds is 3. The van der Waals surface area contributed by atoms with Gasteiger partial charge in [0.1, 0.15) is 0 Å². The topological polar surface area (TPSA) is 53.4 Å². The number of carbonyl (C=O) groups is 1. The molecule has 4 nitrogen and oxygen atoms in total. The molecule has 1 aromatic carbocycles. The minimum absolute atomic E-state index is 0.324. The largest absolute Gasteiger partial charge is 0.478 e. The van der Waals surface area contributed by atoms with Gasteiger partial charge in [-0.15, -0.1) is 0 Å². The molecule has 0 bridgehead atoms. The number of anilines is 1. The van der Waals surface area contributed by atoms with Crippen molar-refractivity contribution in [2.24, 2.45) is 0 Å². The molecule has 0 radical (unpaired) electrons. The van der Waals surface area contributed by atoms with Crippen LogP contribution in [0.1, 0.15) is 48.7 Å². The third kappa shape index (κ3) is 2.65. The van der Waals surface area contributed by atoms with E-state index in [1.54, 1.807) is 12.1 Å². The highest BCUT2D eigenvalue weighted by atomic mass is 16.4. The molecule has 1 aromatic heterocycles. The van der Waals surface area contributed by atoms with Crippen molar-refractivity contribution in [3.8, 4) is 0 Å². The van der Waals surface area contributed by atoms with Crippen LogP contribution >= 0.6 is 0 Å². The summed E-state index contributed by atoms with van der Waals surface area (Å²) in [6, 6.07) is 7.85.